The summed E-state index contributed by atoms with van der Waals surface area (Å²) in [5.41, 5.74) is 8.75. The van der Waals surface area contributed by atoms with Crippen LogP contribution in [0.25, 0.3) is 0 Å². The van der Waals surface area contributed by atoms with Crippen molar-refractivity contribution in [1.29, 1.82) is 5.53 Å². The number of hydrogen-bond donors (Lipinski definition) is 1. The van der Waals surface area contributed by atoms with Crippen LogP contribution in [0.2, 0.25) is 0 Å². The Morgan fingerprint density at radius 3 is 2.09 bits per heavy atom. The lowest BCUT2D eigenvalue weighted by Crippen LogP contribution is -1.84. The highest BCUT2D eigenvalue weighted by molar-refractivity contribution is 5.38. The molecule has 1 aromatic rings. The summed E-state index contributed by atoms with van der Waals surface area (Å²) in [6.45, 7) is 4.29. The predicted octanol–water partition coefficient (Wildman–Crippen LogP) is 3.47. The van der Waals surface area contributed by atoms with Crippen LogP contribution < -0.4 is 0 Å². The zero-order valence-electron chi connectivity index (χ0n) is 6.83. The summed E-state index contributed by atoms with van der Waals surface area (Å²) < 4.78 is 0. The fraction of sp³-hybridized carbons (Fsp3) is 0.333. The summed E-state index contributed by atoms with van der Waals surface area (Å²) in [6.07, 6.45) is 0. The molecule has 2 heteroatoms. The summed E-state index contributed by atoms with van der Waals surface area (Å²) in [6, 6.07) is 7.75. The van der Waals surface area contributed by atoms with Crippen LogP contribution in [0, 0.1) is 5.53 Å². The van der Waals surface area contributed by atoms with Gasteiger partial charge in [0.2, 0.25) is 0 Å². The van der Waals surface area contributed by atoms with E-state index in [1.165, 1.54) is 5.56 Å². The van der Waals surface area contributed by atoms with Gasteiger partial charge >= 0.3 is 0 Å². The molecule has 2 nitrogen and oxygen atoms in total. The monoisotopic (exact) mass is 148 g/mol. The first-order chi connectivity index (χ1) is 5.24. The second-order valence-electron chi connectivity index (χ2n) is 2.86. The van der Waals surface area contributed by atoms with E-state index in [-0.39, 0.29) is 0 Å². The molecule has 0 aliphatic rings. The van der Waals surface area contributed by atoms with Crippen LogP contribution in [0.5, 0.6) is 0 Å². The summed E-state index contributed by atoms with van der Waals surface area (Å²) in [7, 11) is 0. The molecule has 0 fully saturated rings. The van der Waals surface area contributed by atoms with Crippen molar-refractivity contribution < 1.29 is 0 Å². The van der Waals surface area contributed by atoms with E-state index in [2.05, 4.69) is 19.0 Å². The molecule has 0 amide bonds. The van der Waals surface area contributed by atoms with Gasteiger partial charge in [0.25, 0.3) is 0 Å². The number of nitrogens with one attached hydrogen (secondary N) is 1. The molecule has 0 radical (unpaired) electrons. The standard InChI is InChI=1S/C9H12N2/c1-7(2)8-3-5-9(11-10)6-4-8/h3-7,10H,1-2H3. The minimum atomic E-state index is 0.551. The van der Waals surface area contributed by atoms with Crippen LogP contribution >= 0.6 is 0 Å². The van der Waals surface area contributed by atoms with E-state index in [0.29, 0.717) is 5.92 Å². The second kappa shape index (κ2) is 3.28. The third-order valence-corrected chi connectivity index (χ3v) is 1.69. The molecule has 0 bridgehead atoms. The third kappa shape index (κ3) is 1.87. The van der Waals surface area contributed by atoms with Gasteiger partial charge in [0.15, 0.2) is 0 Å². The zero-order valence-corrected chi connectivity index (χ0v) is 6.83. The van der Waals surface area contributed by atoms with Gasteiger partial charge in [0, 0.05) is 0 Å². The van der Waals surface area contributed by atoms with Crippen LogP contribution in [0.3, 0.4) is 0 Å². The molecule has 1 aromatic carbocycles. The van der Waals surface area contributed by atoms with E-state index in [9.17, 15) is 0 Å². The van der Waals surface area contributed by atoms with Crippen molar-refractivity contribution in [2.75, 3.05) is 0 Å². The molecule has 11 heavy (non-hydrogen) atoms. The fourth-order valence-corrected chi connectivity index (χ4v) is 0.934. The maximum Gasteiger partial charge on any atom is 0.0850 e. The van der Waals surface area contributed by atoms with E-state index >= 15 is 0 Å². The average molecular weight is 148 g/mol. The van der Waals surface area contributed by atoms with Crippen molar-refractivity contribution in [3.05, 3.63) is 29.8 Å². The first kappa shape index (κ1) is 7.92. The highest BCUT2D eigenvalue weighted by atomic mass is 14.9. The van der Waals surface area contributed by atoms with Gasteiger partial charge in [-0.3, -0.25) is 0 Å². The van der Waals surface area contributed by atoms with Crippen molar-refractivity contribution in [2.24, 2.45) is 5.11 Å². The van der Waals surface area contributed by atoms with E-state index in [1.54, 1.807) is 0 Å². The Labute approximate surface area is 66.8 Å². The molecule has 58 valence electrons. The van der Waals surface area contributed by atoms with E-state index < -0.39 is 0 Å². The molecular weight excluding hydrogens is 136 g/mol. The van der Waals surface area contributed by atoms with Gasteiger partial charge < -0.3 is 0 Å². The first-order valence-electron chi connectivity index (χ1n) is 3.71. The molecule has 0 heterocycles. The van der Waals surface area contributed by atoms with Crippen molar-refractivity contribution in [3.8, 4) is 0 Å². The van der Waals surface area contributed by atoms with Gasteiger partial charge in [-0.25, -0.2) is 5.53 Å². The molecule has 0 atom stereocenters. The zero-order chi connectivity index (χ0) is 8.27. The van der Waals surface area contributed by atoms with Crippen molar-refractivity contribution in [1.82, 2.24) is 0 Å². The Morgan fingerprint density at radius 1 is 1.18 bits per heavy atom. The number of nitrogens with zero attached hydrogens (tertiary/aromatic N) is 1. The fourth-order valence-electron chi connectivity index (χ4n) is 0.934. The summed E-state index contributed by atoms with van der Waals surface area (Å²) >= 11 is 0. The normalized spacial score (nSPS) is 10.1. The van der Waals surface area contributed by atoms with Gasteiger partial charge in [-0.1, -0.05) is 26.0 Å². The quantitative estimate of drug-likeness (QED) is 0.623. The smallest absolute Gasteiger partial charge is 0.0850 e. The third-order valence-electron chi connectivity index (χ3n) is 1.69. The summed E-state index contributed by atoms with van der Waals surface area (Å²) in [5, 5.41) is 3.32. The number of hydrogen-bond acceptors (Lipinski definition) is 2. The Hall–Kier alpha value is -1.18. The molecule has 0 spiro atoms. The van der Waals surface area contributed by atoms with Crippen molar-refractivity contribution >= 4 is 5.69 Å². The molecular formula is C9H12N2. The van der Waals surface area contributed by atoms with Crippen LogP contribution in [0.15, 0.2) is 29.4 Å². The topological polar surface area (TPSA) is 36.2 Å². The maximum atomic E-state index is 6.75. The highest BCUT2D eigenvalue weighted by Crippen LogP contribution is 2.18. The Kier molecular flexibility index (Phi) is 2.36. The second-order valence-corrected chi connectivity index (χ2v) is 2.86. The molecule has 0 saturated heterocycles. The van der Waals surface area contributed by atoms with Gasteiger partial charge in [-0.05, 0) is 23.6 Å². The molecule has 0 aromatic heterocycles. The maximum absolute atomic E-state index is 6.75. The minimum absolute atomic E-state index is 0.551. The Balaban J connectivity index is 2.91. The van der Waals surface area contributed by atoms with Crippen LogP contribution in [0.4, 0.5) is 5.69 Å². The van der Waals surface area contributed by atoms with Gasteiger partial charge in [0.05, 0.1) is 5.69 Å². The van der Waals surface area contributed by atoms with E-state index in [1.807, 2.05) is 24.3 Å². The van der Waals surface area contributed by atoms with Crippen molar-refractivity contribution in [2.45, 2.75) is 19.8 Å². The predicted molar refractivity (Wildman–Crippen MR) is 45.3 cm³/mol. The van der Waals surface area contributed by atoms with E-state index in [0.717, 1.165) is 5.69 Å². The molecule has 0 aliphatic carbocycles. The number of rotatable bonds is 2. The molecule has 1 N–H and O–H groups in total. The van der Waals surface area contributed by atoms with Gasteiger partial charge in [0.1, 0.15) is 0 Å². The van der Waals surface area contributed by atoms with Gasteiger partial charge in [-0.15, -0.1) is 0 Å². The first-order valence-corrected chi connectivity index (χ1v) is 3.71. The van der Waals surface area contributed by atoms with Crippen LogP contribution in [0.1, 0.15) is 25.3 Å². The largest absolute Gasteiger partial charge is 0.204 e. The lowest BCUT2D eigenvalue weighted by Gasteiger charge is -2.03. The molecule has 1 rings (SSSR count). The van der Waals surface area contributed by atoms with Gasteiger partial charge in [-0.2, -0.15) is 5.11 Å². The van der Waals surface area contributed by atoms with Crippen molar-refractivity contribution in [3.63, 3.8) is 0 Å². The minimum Gasteiger partial charge on any atom is -0.204 e. The lowest BCUT2D eigenvalue weighted by molar-refractivity contribution is 0.866. The van der Waals surface area contributed by atoms with E-state index in [4.69, 9.17) is 5.53 Å². The average Bonchev–Trinajstić information content (AvgIpc) is 2.05. The van der Waals surface area contributed by atoms with Crippen LogP contribution in [-0.2, 0) is 0 Å². The Bertz CT molecular complexity index is 236. The summed E-state index contributed by atoms with van der Waals surface area (Å²) in [5.74, 6) is 0.551. The molecule has 0 unspecified atom stereocenters. The molecule has 0 saturated carbocycles. The summed E-state index contributed by atoms with van der Waals surface area (Å²) in [4.78, 5) is 0. The lowest BCUT2D eigenvalue weighted by atomic mass is 10.0. The SMILES string of the molecule is CC(C)c1ccc(N=N)cc1. The molecule has 0 aliphatic heterocycles. The van der Waals surface area contributed by atoms with Crippen LogP contribution in [-0.4, -0.2) is 0 Å². The Morgan fingerprint density at radius 2 is 1.73 bits per heavy atom. The number of benzene rings is 1. The highest BCUT2D eigenvalue weighted by Gasteiger charge is 1.96.